The average Bonchev–Trinajstić information content (AvgIpc) is 3.29. The predicted octanol–water partition coefficient (Wildman–Crippen LogP) is 4.69. The summed E-state index contributed by atoms with van der Waals surface area (Å²) in [4.78, 5) is 27.7. The third kappa shape index (κ3) is 5.13. The van der Waals surface area contributed by atoms with E-state index < -0.39 is 0 Å². The fraction of sp³-hybridized carbons (Fsp3) is 0.346. The van der Waals surface area contributed by atoms with E-state index in [4.69, 9.17) is 0 Å². The van der Waals surface area contributed by atoms with Crippen LogP contribution in [0.1, 0.15) is 71.0 Å². The summed E-state index contributed by atoms with van der Waals surface area (Å²) in [6.45, 7) is 5.89. The Hall–Kier alpha value is -3.48. The molecule has 0 bridgehead atoms. The molecule has 172 valence electrons. The number of nitrogens with zero attached hydrogens (tertiary/aromatic N) is 3. The molecule has 0 spiro atoms. The molecule has 7 heteroatoms. The van der Waals surface area contributed by atoms with Crippen LogP contribution in [-0.2, 0) is 6.54 Å². The minimum atomic E-state index is -0.323. The zero-order valence-corrected chi connectivity index (χ0v) is 19.1. The summed E-state index contributed by atoms with van der Waals surface area (Å²) >= 11 is 0. The van der Waals surface area contributed by atoms with E-state index in [1.165, 1.54) is 18.6 Å². The Morgan fingerprint density at radius 2 is 1.79 bits per heavy atom. The molecule has 2 amide bonds. The van der Waals surface area contributed by atoms with Gasteiger partial charge in [0, 0.05) is 25.2 Å². The molecule has 2 heterocycles. The molecule has 1 fully saturated rings. The van der Waals surface area contributed by atoms with Gasteiger partial charge in [-0.3, -0.25) is 9.59 Å². The zero-order valence-electron chi connectivity index (χ0n) is 19.1. The van der Waals surface area contributed by atoms with Crippen LogP contribution in [0.15, 0.2) is 54.7 Å². The van der Waals surface area contributed by atoms with Crippen molar-refractivity contribution in [3.8, 4) is 5.69 Å². The molecular formula is C26H29FN4O2. The number of likely N-dealkylation sites (tertiary alicyclic amines) is 1. The predicted molar refractivity (Wildman–Crippen MR) is 125 cm³/mol. The summed E-state index contributed by atoms with van der Waals surface area (Å²) in [6.07, 6.45) is 4.81. The molecule has 4 rings (SSSR count). The molecule has 1 aliphatic rings. The topological polar surface area (TPSA) is 67.2 Å². The van der Waals surface area contributed by atoms with E-state index in [9.17, 15) is 14.0 Å². The number of nitrogens with one attached hydrogen (secondary N) is 1. The van der Waals surface area contributed by atoms with Gasteiger partial charge in [-0.25, -0.2) is 9.07 Å². The summed E-state index contributed by atoms with van der Waals surface area (Å²) < 4.78 is 15.0. The Morgan fingerprint density at radius 1 is 1.06 bits per heavy atom. The van der Waals surface area contributed by atoms with Crippen LogP contribution in [0.2, 0.25) is 0 Å². The van der Waals surface area contributed by atoms with Crippen LogP contribution in [0.25, 0.3) is 5.69 Å². The number of carbonyl (C=O) groups excluding carboxylic acids is 2. The SMILES string of the molecule is CC(C)c1c(C(=O)NCc2cccc(C(=O)N3CCCCC3)c2)cnn1-c1ccc(F)cc1. The lowest BCUT2D eigenvalue weighted by molar-refractivity contribution is 0.0724. The van der Waals surface area contributed by atoms with Gasteiger partial charge >= 0.3 is 0 Å². The van der Waals surface area contributed by atoms with Gasteiger partial charge < -0.3 is 10.2 Å². The molecule has 1 aliphatic heterocycles. The van der Waals surface area contributed by atoms with Crippen molar-refractivity contribution in [1.29, 1.82) is 0 Å². The van der Waals surface area contributed by atoms with E-state index in [1.807, 2.05) is 43.0 Å². The van der Waals surface area contributed by atoms with Gasteiger partial charge in [-0.2, -0.15) is 5.10 Å². The number of aromatic nitrogens is 2. The average molecular weight is 449 g/mol. The van der Waals surface area contributed by atoms with Crippen LogP contribution in [0, 0.1) is 5.82 Å². The van der Waals surface area contributed by atoms with Crippen molar-refractivity contribution in [2.24, 2.45) is 0 Å². The molecular weight excluding hydrogens is 419 g/mol. The van der Waals surface area contributed by atoms with Gasteiger partial charge in [0.05, 0.1) is 23.1 Å². The molecule has 0 aliphatic carbocycles. The number of halogens is 1. The van der Waals surface area contributed by atoms with Gasteiger partial charge in [-0.1, -0.05) is 26.0 Å². The molecule has 6 nitrogen and oxygen atoms in total. The van der Waals surface area contributed by atoms with Crippen molar-refractivity contribution < 1.29 is 14.0 Å². The molecule has 3 aromatic rings. The fourth-order valence-corrected chi connectivity index (χ4v) is 4.25. The lowest BCUT2D eigenvalue weighted by Crippen LogP contribution is -2.35. The molecule has 1 saturated heterocycles. The van der Waals surface area contributed by atoms with Gasteiger partial charge in [0.15, 0.2) is 0 Å². The number of benzene rings is 2. The van der Waals surface area contributed by atoms with E-state index in [0.717, 1.165) is 37.2 Å². The third-order valence-electron chi connectivity index (χ3n) is 5.94. The minimum Gasteiger partial charge on any atom is -0.348 e. The quantitative estimate of drug-likeness (QED) is 0.595. The van der Waals surface area contributed by atoms with Crippen molar-refractivity contribution >= 4 is 11.8 Å². The summed E-state index contributed by atoms with van der Waals surface area (Å²) in [5, 5.41) is 7.34. The summed E-state index contributed by atoms with van der Waals surface area (Å²) in [5.74, 6) is -0.481. The molecule has 1 N–H and O–H groups in total. The maximum absolute atomic E-state index is 13.3. The number of piperidine rings is 1. The zero-order chi connectivity index (χ0) is 23.4. The first-order valence-corrected chi connectivity index (χ1v) is 11.4. The highest BCUT2D eigenvalue weighted by Crippen LogP contribution is 2.23. The lowest BCUT2D eigenvalue weighted by Gasteiger charge is -2.26. The minimum absolute atomic E-state index is 0.0313. The van der Waals surface area contributed by atoms with Crippen molar-refractivity contribution in [2.45, 2.75) is 45.6 Å². The molecule has 0 saturated carbocycles. The van der Waals surface area contributed by atoms with Crippen LogP contribution >= 0.6 is 0 Å². The molecule has 33 heavy (non-hydrogen) atoms. The lowest BCUT2D eigenvalue weighted by atomic mass is 10.0. The first-order valence-electron chi connectivity index (χ1n) is 11.4. The first-order chi connectivity index (χ1) is 15.9. The van der Waals surface area contributed by atoms with E-state index in [-0.39, 0.29) is 23.5 Å². The molecule has 0 radical (unpaired) electrons. The molecule has 0 unspecified atom stereocenters. The van der Waals surface area contributed by atoms with Crippen molar-refractivity contribution in [2.75, 3.05) is 13.1 Å². The van der Waals surface area contributed by atoms with Gasteiger partial charge in [0.25, 0.3) is 11.8 Å². The number of hydrogen-bond acceptors (Lipinski definition) is 3. The van der Waals surface area contributed by atoms with Gasteiger partial charge in [-0.05, 0) is 67.1 Å². The second-order valence-corrected chi connectivity index (χ2v) is 8.72. The largest absolute Gasteiger partial charge is 0.348 e. The summed E-state index contributed by atoms with van der Waals surface area (Å²) in [7, 11) is 0. The van der Waals surface area contributed by atoms with E-state index in [2.05, 4.69) is 10.4 Å². The Labute approximate surface area is 193 Å². The monoisotopic (exact) mass is 448 g/mol. The number of hydrogen-bond donors (Lipinski definition) is 1. The second kappa shape index (κ2) is 9.98. The Bertz CT molecular complexity index is 1130. The van der Waals surface area contributed by atoms with E-state index >= 15 is 0 Å². The van der Waals surface area contributed by atoms with Crippen LogP contribution in [0.3, 0.4) is 0 Å². The van der Waals surface area contributed by atoms with Gasteiger partial charge in [0.1, 0.15) is 5.82 Å². The highest BCUT2D eigenvalue weighted by atomic mass is 19.1. The van der Waals surface area contributed by atoms with Gasteiger partial charge in [0.2, 0.25) is 0 Å². The fourth-order valence-electron chi connectivity index (χ4n) is 4.25. The normalized spacial score (nSPS) is 13.9. The summed E-state index contributed by atoms with van der Waals surface area (Å²) in [5.41, 5.74) is 3.45. The molecule has 0 atom stereocenters. The summed E-state index contributed by atoms with van der Waals surface area (Å²) in [6, 6.07) is 13.5. The maximum Gasteiger partial charge on any atom is 0.255 e. The highest BCUT2D eigenvalue weighted by Gasteiger charge is 2.21. The molecule has 1 aromatic heterocycles. The maximum atomic E-state index is 13.3. The first kappa shape index (κ1) is 22.7. The van der Waals surface area contributed by atoms with Gasteiger partial charge in [-0.15, -0.1) is 0 Å². The Morgan fingerprint density at radius 3 is 2.48 bits per heavy atom. The van der Waals surface area contributed by atoms with E-state index in [0.29, 0.717) is 23.4 Å². The smallest absolute Gasteiger partial charge is 0.255 e. The highest BCUT2D eigenvalue weighted by molar-refractivity contribution is 5.96. The Kier molecular flexibility index (Phi) is 6.87. The van der Waals surface area contributed by atoms with E-state index in [1.54, 1.807) is 23.0 Å². The number of amides is 2. The van der Waals surface area contributed by atoms with Crippen LogP contribution in [0.4, 0.5) is 4.39 Å². The van der Waals surface area contributed by atoms with Crippen LogP contribution < -0.4 is 5.32 Å². The van der Waals surface area contributed by atoms with Crippen molar-refractivity contribution in [3.05, 3.63) is 82.9 Å². The van der Waals surface area contributed by atoms with Crippen LogP contribution in [0.5, 0.6) is 0 Å². The second-order valence-electron chi connectivity index (χ2n) is 8.72. The van der Waals surface area contributed by atoms with Crippen LogP contribution in [-0.4, -0.2) is 39.6 Å². The standard InChI is InChI=1S/C26H29FN4O2/c1-18(2)24-23(17-29-31(24)22-11-9-21(27)10-12-22)25(32)28-16-19-7-6-8-20(15-19)26(33)30-13-4-3-5-14-30/h6-12,15,17-18H,3-5,13-14,16H2,1-2H3,(H,28,32). The third-order valence-corrected chi connectivity index (χ3v) is 5.94. The number of carbonyl (C=O) groups is 2. The number of rotatable bonds is 6. The Balaban J connectivity index is 1.48. The molecule has 2 aromatic carbocycles. The van der Waals surface area contributed by atoms with Crippen molar-refractivity contribution in [1.82, 2.24) is 20.0 Å². The van der Waals surface area contributed by atoms with Crippen molar-refractivity contribution in [3.63, 3.8) is 0 Å².